The number of anilines is 1. The number of benzene rings is 2. The second-order valence-corrected chi connectivity index (χ2v) is 6.06. The second kappa shape index (κ2) is 7.13. The van der Waals surface area contributed by atoms with Gasteiger partial charge in [0.25, 0.3) is 0 Å². The van der Waals surface area contributed by atoms with Crippen molar-refractivity contribution in [3.8, 4) is 0 Å². The topological polar surface area (TPSA) is 72.2 Å². The molecular weight excluding hydrogens is 296 g/mol. The van der Waals surface area contributed by atoms with E-state index < -0.39 is 6.03 Å². The van der Waals surface area contributed by atoms with Crippen LogP contribution < -0.4 is 11.1 Å². The maximum Gasteiger partial charge on any atom is 0.316 e. The normalized spacial score (nSPS) is 10.3. The molecule has 0 radical (unpaired) electrons. The van der Waals surface area contributed by atoms with Crippen LogP contribution in [0.25, 0.3) is 0 Å². The van der Waals surface area contributed by atoms with E-state index in [2.05, 4.69) is 11.4 Å². The van der Waals surface area contributed by atoms with Crippen molar-refractivity contribution >= 4 is 29.3 Å². The maximum atomic E-state index is 12.2. The molecule has 0 aliphatic carbocycles. The first-order valence-corrected chi connectivity index (χ1v) is 7.84. The van der Waals surface area contributed by atoms with E-state index >= 15 is 0 Å². The van der Waals surface area contributed by atoms with E-state index in [0.717, 1.165) is 4.90 Å². The van der Waals surface area contributed by atoms with Crippen molar-refractivity contribution in [1.82, 2.24) is 0 Å². The zero-order valence-corrected chi connectivity index (χ0v) is 13.4. The van der Waals surface area contributed by atoms with Gasteiger partial charge in [0.1, 0.15) is 0 Å². The Morgan fingerprint density at radius 3 is 2.36 bits per heavy atom. The van der Waals surface area contributed by atoms with Crippen LogP contribution in [0, 0.1) is 13.8 Å². The van der Waals surface area contributed by atoms with Crippen LogP contribution in [0.2, 0.25) is 0 Å². The average molecular weight is 314 g/mol. The largest absolute Gasteiger partial charge is 0.351 e. The van der Waals surface area contributed by atoms with Crippen molar-refractivity contribution < 1.29 is 9.59 Å². The third-order valence-corrected chi connectivity index (χ3v) is 4.34. The van der Waals surface area contributed by atoms with Crippen molar-refractivity contribution in [1.29, 1.82) is 0 Å². The molecule has 0 fully saturated rings. The van der Waals surface area contributed by atoms with E-state index in [9.17, 15) is 9.59 Å². The summed E-state index contributed by atoms with van der Waals surface area (Å²) in [6, 6.07) is 12.3. The van der Waals surface area contributed by atoms with E-state index in [1.54, 1.807) is 24.3 Å². The summed E-state index contributed by atoms with van der Waals surface area (Å²) in [5.41, 5.74) is 8.62. The molecule has 22 heavy (non-hydrogen) atoms. The summed E-state index contributed by atoms with van der Waals surface area (Å²) in [7, 11) is 0. The molecule has 2 aromatic rings. The van der Waals surface area contributed by atoms with Crippen molar-refractivity contribution in [3.63, 3.8) is 0 Å². The molecule has 0 bridgehead atoms. The van der Waals surface area contributed by atoms with Gasteiger partial charge in [0.15, 0.2) is 5.78 Å². The molecule has 114 valence electrons. The third-order valence-electron chi connectivity index (χ3n) is 3.16. The molecule has 2 aromatic carbocycles. The molecule has 0 saturated heterocycles. The standard InChI is InChI=1S/C17H18N2O2S/c1-11-3-8-16(12(2)9-11)22-10-15(20)13-4-6-14(7-5-13)19-17(18)21/h3-9H,10H2,1-2H3,(H3,18,19,21). The smallest absolute Gasteiger partial charge is 0.316 e. The quantitative estimate of drug-likeness (QED) is 0.652. The highest BCUT2D eigenvalue weighted by Crippen LogP contribution is 2.24. The molecule has 2 amide bonds. The number of nitrogens with two attached hydrogens (primary N) is 1. The van der Waals surface area contributed by atoms with Gasteiger partial charge in [-0.15, -0.1) is 11.8 Å². The Morgan fingerprint density at radius 1 is 1.09 bits per heavy atom. The summed E-state index contributed by atoms with van der Waals surface area (Å²) in [6.07, 6.45) is 0. The van der Waals surface area contributed by atoms with Gasteiger partial charge >= 0.3 is 6.03 Å². The average Bonchev–Trinajstić information content (AvgIpc) is 2.46. The number of primary amides is 1. The van der Waals surface area contributed by atoms with Crippen molar-refractivity contribution in [2.75, 3.05) is 11.1 Å². The number of urea groups is 1. The number of ketones is 1. The lowest BCUT2D eigenvalue weighted by atomic mass is 10.1. The van der Waals surface area contributed by atoms with E-state index in [1.807, 2.05) is 26.0 Å². The number of rotatable bonds is 5. The van der Waals surface area contributed by atoms with Crippen molar-refractivity contribution in [3.05, 3.63) is 59.2 Å². The highest BCUT2D eigenvalue weighted by molar-refractivity contribution is 8.00. The first kappa shape index (κ1) is 16.1. The van der Waals surface area contributed by atoms with Gasteiger partial charge in [0.2, 0.25) is 0 Å². The molecule has 0 aromatic heterocycles. The molecule has 0 spiro atoms. The summed E-state index contributed by atoms with van der Waals surface area (Å²) >= 11 is 1.53. The lowest BCUT2D eigenvalue weighted by molar-refractivity contribution is 0.102. The lowest BCUT2D eigenvalue weighted by Crippen LogP contribution is -2.19. The summed E-state index contributed by atoms with van der Waals surface area (Å²) in [5, 5.41) is 2.46. The first-order chi connectivity index (χ1) is 10.5. The molecular formula is C17H18N2O2S. The molecule has 0 aliphatic rings. The number of hydrogen-bond acceptors (Lipinski definition) is 3. The monoisotopic (exact) mass is 314 g/mol. The van der Waals surface area contributed by atoms with Crippen LogP contribution in [0.4, 0.5) is 10.5 Å². The van der Waals surface area contributed by atoms with Gasteiger partial charge in [-0.25, -0.2) is 4.79 Å². The number of Topliss-reactive ketones (excluding diaryl/α,β-unsaturated/α-hetero) is 1. The molecule has 5 heteroatoms. The van der Waals surface area contributed by atoms with Gasteiger partial charge in [-0.3, -0.25) is 4.79 Å². The van der Waals surface area contributed by atoms with E-state index in [1.165, 1.54) is 22.9 Å². The van der Waals surface area contributed by atoms with Crippen molar-refractivity contribution in [2.24, 2.45) is 5.73 Å². The SMILES string of the molecule is Cc1ccc(SCC(=O)c2ccc(NC(N)=O)cc2)c(C)c1. The number of hydrogen-bond donors (Lipinski definition) is 2. The lowest BCUT2D eigenvalue weighted by Gasteiger charge is -2.07. The van der Waals surface area contributed by atoms with Crippen LogP contribution in [0.1, 0.15) is 21.5 Å². The molecule has 0 aliphatic heterocycles. The maximum absolute atomic E-state index is 12.2. The molecule has 0 heterocycles. The molecule has 0 saturated carbocycles. The Balaban J connectivity index is 1.98. The number of amides is 2. The number of nitrogens with one attached hydrogen (secondary N) is 1. The van der Waals surface area contributed by atoms with E-state index in [4.69, 9.17) is 5.73 Å². The number of carbonyl (C=O) groups excluding carboxylic acids is 2. The second-order valence-electron chi connectivity index (χ2n) is 5.05. The summed E-state index contributed by atoms with van der Waals surface area (Å²) in [5.74, 6) is 0.433. The van der Waals surface area contributed by atoms with Gasteiger partial charge in [-0.2, -0.15) is 0 Å². The van der Waals surface area contributed by atoms with Crippen LogP contribution in [0.5, 0.6) is 0 Å². The van der Waals surface area contributed by atoms with Gasteiger partial charge in [0.05, 0.1) is 5.75 Å². The Labute approximate surface area is 134 Å². The molecule has 0 unspecified atom stereocenters. The predicted octanol–water partition coefficient (Wildman–Crippen LogP) is 3.77. The molecule has 2 rings (SSSR count). The van der Waals surface area contributed by atoms with E-state index in [0.29, 0.717) is 17.0 Å². The zero-order chi connectivity index (χ0) is 16.1. The Bertz CT molecular complexity index is 696. The van der Waals surface area contributed by atoms with Crippen molar-refractivity contribution in [2.45, 2.75) is 18.7 Å². The summed E-state index contributed by atoms with van der Waals surface area (Å²) in [6.45, 7) is 4.10. The number of aryl methyl sites for hydroxylation is 2. The van der Waals surface area contributed by atoms with Gasteiger partial charge in [0, 0.05) is 16.1 Å². The first-order valence-electron chi connectivity index (χ1n) is 6.85. The Morgan fingerprint density at radius 2 is 1.77 bits per heavy atom. The van der Waals surface area contributed by atoms with Crippen LogP contribution >= 0.6 is 11.8 Å². The summed E-state index contributed by atoms with van der Waals surface area (Å²) in [4.78, 5) is 24.1. The van der Waals surface area contributed by atoms with E-state index in [-0.39, 0.29) is 5.78 Å². The fraction of sp³-hybridized carbons (Fsp3) is 0.176. The Kier molecular flexibility index (Phi) is 5.22. The molecule has 0 atom stereocenters. The fourth-order valence-electron chi connectivity index (χ4n) is 2.07. The minimum absolute atomic E-state index is 0.0515. The van der Waals surface area contributed by atoms with Gasteiger partial charge in [-0.05, 0) is 49.7 Å². The van der Waals surface area contributed by atoms with Gasteiger partial charge in [-0.1, -0.05) is 17.7 Å². The van der Waals surface area contributed by atoms with Gasteiger partial charge < -0.3 is 11.1 Å². The minimum atomic E-state index is -0.621. The zero-order valence-electron chi connectivity index (χ0n) is 12.6. The Hall–Kier alpha value is -2.27. The highest BCUT2D eigenvalue weighted by atomic mass is 32.2. The third kappa shape index (κ3) is 4.36. The van der Waals surface area contributed by atoms with Crippen LogP contribution in [0.15, 0.2) is 47.4 Å². The number of thioether (sulfide) groups is 1. The van der Waals surface area contributed by atoms with Crippen LogP contribution in [-0.2, 0) is 0 Å². The highest BCUT2D eigenvalue weighted by Gasteiger charge is 2.08. The number of carbonyl (C=O) groups is 2. The van der Waals surface area contributed by atoms with Crippen LogP contribution in [0.3, 0.4) is 0 Å². The molecule has 4 nitrogen and oxygen atoms in total. The summed E-state index contributed by atoms with van der Waals surface area (Å²) < 4.78 is 0. The molecule has 3 N–H and O–H groups in total. The minimum Gasteiger partial charge on any atom is -0.351 e. The predicted molar refractivity (Wildman–Crippen MR) is 90.6 cm³/mol. The fourth-order valence-corrected chi connectivity index (χ4v) is 2.97. The van der Waals surface area contributed by atoms with Crippen LogP contribution in [-0.4, -0.2) is 17.6 Å².